The third-order valence-electron chi connectivity index (χ3n) is 4.07. The number of nitrogens with one attached hydrogen (secondary N) is 2. The van der Waals surface area contributed by atoms with Gasteiger partial charge in [-0.05, 0) is 48.9 Å². The van der Waals surface area contributed by atoms with Crippen LogP contribution in [-0.2, 0) is 9.59 Å². The lowest BCUT2D eigenvalue weighted by molar-refractivity contribution is -0.123. The summed E-state index contributed by atoms with van der Waals surface area (Å²) in [5.41, 5.74) is 2.14. The van der Waals surface area contributed by atoms with Crippen molar-refractivity contribution in [1.82, 2.24) is 5.32 Å². The number of methoxy groups -OCH3 is 1. The molecule has 1 atom stereocenters. The van der Waals surface area contributed by atoms with Crippen LogP contribution in [0.25, 0.3) is 0 Å². The van der Waals surface area contributed by atoms with Crippen LogP contribution in [0.2, 0.25) is 5.02 Å². The van der Waals surface area contributed by atoms with Crippen molar-refractivity contribution in [1.29, 1.82) is 0 Å². The number of hydrogen-bond acceptors (Lipinski definition) is 6. The Morgan fingerprint density at radius 2 is 1.90 bits per heavy atom. The number of thioether (sulfide) groups is 1. The molecule has 0 bridgehead atoms. The Kier molecular flexibility index (Phi) is 6.90. The topological polar surface area (TPSA) is 92.1 Å². The van der Waals surface area contributed by atoms with Gasteiger partial charge in [0.2, 0.25) is 11.8 Å². The predicted molar refractivity (Wildman–Crippen MR) is 117 cm³/mol. The average molecular weight is 431 g/mol. The zero-order valence-corrected chi connectivity index (χ0v) is 17.4. The van der Waals surface area contributed by atoms with Crippen molar-refractivity contribution in [2.45, 2.75) is 18.6 Å². The summed E-state index contributed by atoms with van der Waals surface area (Å²) in [7, 11) is 1.57. The van der Waals surface area contributed by atoms with Gasteiger partial charge in [-0.1, -0.05) is 35.5 Å². The number of ether oxygens (including phenoxy) is 1. The molecule has 9 heteroatoms. The van der Waals surface area contributed by atoms with Crippen LogP contribution in [0.15, 0.2) is 58.7 Å². The minimum atomic E-state index is -0.601. The van der Waals surface area contributed by atoms with E-state index in [1.807, 2.05) is 12.1 Å². The first-order valence-corrected chi connectivity index (χ1v) is 10.00. The van der Waals surface area contributed by atoms with Gasteiger partial charge < -0.3 is 15.4 Å². The zero-order valence-electron chi connectivity index (χ0n) is 15.8. The number of benzene rings is 2. The third kappa shape index (κ3) is 5.82. The maximum absolute atomic E-state index is 12.6. The molecular formula is C20H19ClN4O3S. The first-order chi connectivity index (χ1) is 13.9. The van der Waals surface area contributed by atoms with Gasteiger partial charge in [0.25, 0.3) is 0 Å². The lowest BCUT2D eigenvalue weighted by atomic mass is 10.1. The summed E-state index contributed by atoms with van der Waals surface area (Å²) in [4.78, 5) is 24.6. The molecular weight excluding hydrogens is 412 g/mol. The molecule has 1 fully saturated rings. The molecule has 0 aromatic heterocycles. The number of rotatable bonds is 5. The smallest absolute Gasteiger partial charge is 0.238 e. The first-order valence-electron chi connectivity index (χ1n) is 8.74. The van der Waals surface area contributed by atoms with Crippen molar-refractivity contribution < 1.29 is 14.3 Å². The number of carbonyl (C=O) groups is 2. The van der Waals surface area contributed by atoms with E-state index in [-0.39, 0.29) is 23.4 Å². The van der Waals surface area contributed by atoms with E-state index in [1.165, 1.54) is 0 Å². The van der Waals surface area contributed by atoms with Crippen molar-refractivity contribution in [3.05, 3.63) is 59.1 Å². The number of amides is 2. The standard InChI is InChI=1S/C20H19ClN4O3S/c1-12(13-3-5-14(21)6-4-13)24-25-20-23-18(26)11-17(29-20)19(27)22-15-7-9-16(28-2)10-8-15/h3-10,17H,11H2,1-2H3,(H,22,27)(H,23,25,26)/b24-12-. The van der Waals surface area contributed by atoms with E-state index >= 15 is 0 Å². The predicted octanol–water partition coefficient (Wildman–Crippen LogP) is 3.69. The van der Waals surface area contributed by atoms with Gasteiger partial charge in [0.15, 0.2) is 5.17 Å². The summed E-state index contributed by atoms with van der Waals surface area (Å²) in [6, 6.07) is 14.2. The second kappa shape index (κ2) is 9.58. The highest BCUT2D eigenvalue weighted by Crippen LogP contribution is 2.23. The van der Waals surface area contributed by atoms with Gasteiger partial charge in [0.05, 0.1) is 12.8 Å². The molecule has 29 heavy (non-hydrogen) atoms. The lowest BCUT2D eigenvalue weighted by Crippen LogP contribution is -2.41. The average Bonchev–Trinajstić information content (AvgIpc) is 2.72. The van der Waals surface area contributed by atoms with E-state index in [4.69, 9.17) is 16.3 Å². The van der Waals surface area contributed by atoms with E-state index in [2.05, 4.69) is 20.8 Å². The summed E-state index contributed by atoms with van der Waals surface area (Å²) in [5, 5.41) is 14.0. The van der Waals surface area contributed by atoms with Crippen LogP contribution in [-0.4, -0.2) is 35.1 Å². The number of carbonyl (C=O) groups excluding carboxylic acids is 2. The van der Waals surface area contributed by atoms with Gasteiger partial charge in [-0.25, -0.2) is 0 Å². The monoisotopic (exact) mass is 430 g/mol. The van der Waals surface area contributed by atoms with Gasteiger partial charge in [0, 0.05) is 17.1 Å². The molecule has 150 valence electrons. The summed E-state index contributed by atoms with van der Waals surface area (Å²) < 4.78 is 5.10. The molecule has 1 aliphatic rings. The molecule has 1 aliphatic heterocycles. The van der Waals surface area contributed by atoms with Crippen LogP contribution < -0.4 is 15.4 Å². The maximum Gasteiger partial charge on any atom is 0.238 e. The van der Waals surface area contributed by atoms with Gasteiger partial charge in [0.1, 0.15) is 11.0 Å². The van der Waals surface area contributed by atoms with Crippen molar-refractivity contribution in [2.24, 2.45) is 10.2 Å². The van der Waals surface area contributed by atoms with Crippen LogP contribution in [0.3, 0.4) is 0 Å². The number of halogens is 1. The Bertz CT molecular complexity index is 959. The number of hydrogen-bond donors (Lipinski definition) is 2. The second-order valence-corrected chi connectivity index (χ2v) is 7.80. The summed E-state index contributed by atoms with van der Waals surface area (Å²) >= 11 is 7.05. The Hall–Kier alpha value is -2.84. The molecule has 1 heterocycles. The molecule has 2 aromatic carbocycles. The molecule has 2 N–H and O–H groups in total. The second-order valence-electron chi connectivity index (χ2n) is 6.17. The van der Waals surface area contributed by atoms with Crippen molar-refractivity contribution in [3.8, 4) is 5.75 Å². The highest BCUT2D eigenvalue weighted by Gasteiger charge is 2.30. The van der Waals surface area contributed by atoms with E-state index in [1.54, 1.807) is 50.4 Å². The molecule has 2 amide bonds. The maximum atomic E-state index is 12.6. The van der Waals surface area contributed by atoms with Crippen LogP contribution >= 0.6 is 23.4 Å². The third-order valence-corrected chi connectivity index (χ3v) is 5.40. The molecule has 1 saturated heterocycles. The Balaban J connectivity index is 1.67. The Labute approximate surface area is 177 Å². The van der Waals surface area contributed by atoms with Crippen LogP contribution in [0.4, 0.5) is 5.69 Å². The lowest BCUT2D eigenvalue weighted by Gasteiger charge is -2.21. The van der Waals surface area contributed by atoms with E-state index < -0.39 is 5.25 Å². The van der Waals surface area contributed by atoms with E-state index in [0.717, 1.165) is 17.3 Å². The fraction of sp³-hybridized carbons (Fsp3) is 0.200. The Morgan fingerprint density at radius 1 is 1.21 bits per heavy atom. The minimum absolute atomic E-state index is 0.0611. The normalized spacial score (nSPS) is 18.3. The van der Waals surface area contributed by atoms with Gasteiger partial charge in [-0.2, -0.15) is 5.10 Å². The quantitative estimate of drug-likeness (QED) is 0.559. The van der Waals surface area contributed by atoms with E-state index in [0.29, 0.717) is 22.2 Å². The highest BCUT2D eigenvalue weighted by molar-refractivity contribution is 8.15. The molecule has 0 radical (unpaired) electrons. The number of nitrogens with zero attached hydrogens (tertiary/aromatic N) is 2. The van der Waals surface area contributed by atoms with E-state index in [9.17, 15) is 9.59 Å². The minimum Gasteiger partial charge on any atom is -0.497 e. The molecule has 3 rings (SSSR count). The molecule has 0 aliphatic carbocycles. The summed E-state index contributed by atoms with van der Waals surface area (Å²) in [6.07, 6.45) is 0.0611. The highest BCUT2D eigenvalue weighted by atomic mass is 35.5. The largest absolute Gasteiger partial charge is 0.497 e. The molecule has 0 saturated carbocycles. The van der Waals surface area contributed by atoms with Crippen LogP contribution in [0.1, 0.15) is 18.9 Å². The van der Waals surface area contributed by atoms with Crippen LogP contribution in [0.5, 0.6) is 5.75 Å². The fourth-order valence-corrected chi connectivity index (χ4v) is 3.56. The fourth-order valence-electron chi connectivity index (χ4n) is 2.51. The summed E-state index contributed by atoms with van der Waals surface area (Å²) in [6.45, 7) is 1.80. The molecule has 7 nitrogen and oxygen atoms in total. The van der Waals surface area contributed by atoms with Gasteiger partial charge >= 0.3 is 0 Å². The van der Waals surface area contributed by atoms with Crippen molar-refractivity contribution >= 4 is 51.7 Å². The number of anilines is 1. The van der Waals surface area contributed by atoms with Crippen molar-refractivity contribution in [2.75, 3.05) is 12.4 Å². The molecule has 2 aromatic rings. The molecule has 0 spiro atoms. The summed E-state index contributed by atoms with van der Waals surface area (Å²) in [5.74, 6) is 0.135. The SMILES string of the molecule is COc1ccc(NC(=O)C2CC(=O)N/C(=N\N=C(\C)c3ccc(Cl)cc3)S2)cc1. The first kappa shape index (κ1) is 20.9. The Morgan fingerprint density at radius 3 is 2.55 bits per heavy atom. The van der Waals surface area contributed by atoms with Gasteiger partial charge in [-0.15, -0.1) is 5.10 Å². The van der Waals surface area contributed by atoms with Crippen molar-refractivity contribution in [3.63, 3.8) is 0 Å². The van der Waals surface area contributed by atoms with Gasteiger partial charge in [-0.3, -0.25) is 9.59 Å². The molecule has 1 unspecified atom stereocenters. The van der Waals surface area contributed by atoms with Crippen LogP contribution in [0, 0.1) is 0 Å². The zero-order chi connectivity index (χ0) is 20.8. The number of amidine groups is 1.